The first-order chi connectivity index (χ1) is 24.0. The number of piperazine rings is 1. The van der Waals surface area contributed by atoms with E-state index in [0.717, 1.165) is 5.56 Å². The van der Waals surface area contributed by atoms with Crippen LogP contribution in [0.15, 0.2) is 47.6 Å². The van der Waals surface area contributed by atoms with Crippen molar-refractivity contribution in [1.82, 2.24) is 9.21 Å². The van der Waals surface area contributed by atoms with Gasteiger partial charge in [0.1, 0.15) is 17.5 Å². The van der Waals surface area contributed by atoms with Crippen molar-refractivity contribution in [3.05, 3.63) is 74.9 Å². The molecule has 51 heavy (non-hydrogen) atoms. The molecule has 1 unspecified atom stereocenters. The minimum Gasteiger partial charge on any atom is -0.444 e. The third-order valence-electron chi connectivity index (χ3n) is 9.96. The molecule has 0 spiro atoms. The van der Waals surface area contributed by atoms with Gasteiger partial charge in [-0.1, -0.05) is 34.9 Å². The van der Waals surface area contributed by atoms with Crippen molar-refractivity contribution in [2.24, 2.45) is 11.0 Å². The Morgan fingerprint density at radius 1 is 1.18 bits per heavy atom. The summed E-state index contributed by atoms with van der Waals surface area (Å²) in [5.41, 5.74) is 9.61. The molecule has 15 heteroatoms. The lowest BCUT2D eigenvalue weighted by Crippen LogP contribution is -2.60. The van der Waals surface area contributed by atoms with Crippen molar-refractivity contribution >= 4 is 39.3 Å². The number of halogens is 2. The zero-order valence-corrected chi connectivity index (χ0v) is 31.4. The predicted octanol–water partition coefficient (Wildman–Crippen LogP) is 7.43. The number of azide groups is 1. The third-order valence-corrected chi connectivity index (χ3v) is 12.2. The maximum Gasteiger partial charge on any atom is 0.410 e. The van der Waals surface area contributed by atoms with Crippen LogP contribution >= 0.6 is 11.6 Å². The number of fused-ring (bicyclic) bond motifs is 2. The van der Waals surface area contributed by atoms with Crippen molar-refractivity contribution in [3.63, 3.8) is 0 Å². The van der Waals surface area contributed by atoms with E-state index >= 15 is 4.39 Å². The van der Waals surface area contributed by atoms with E-state index < -0.39 is 57.0 Å². The standard InChI is InChI=1S/C36H48ClFN6O6S/c1-35(2,3)50-34(46)43-21-27(44-22-26(43)8-7-19-51(44,47)48)15-16-28-29(38)9-6-10-30(28)40-33(45)32(41-42-39)31(23-11-13-25(37)14-12-23)24-17-18-49-36(4,5)20-24/h6,9-14,24,26-27,31-32H,7-8,15-22H2,1-5H3,(H,40,45)/t24-,26+,27-,31-,32-/m0/s1. The minimum absolute atomic E-state index is 0.0386. The number of nitrogens with one attached hydrogen (secondary N) is 1. The van der Waals surface area contributed by atoms with Crippen LogP contribution in [0.25, 0.3) is 10.4 Å². The van der Waals surface area contributed by atoms with Crippen molar-refractivity contribution in [3.8, 4) is 0 Å². The highest BCUT2D eigenvalue weighted by Gasteiger charge is 2.45. The molecule has 0 aliphatic carbocycles. The zero-order valence-electron chi connectivity index (χ0n) is 29.8. The Kier molecular flexibility index (Phi) is 11.9. The highest BCUT2D eigenvalue weighted by Crippen LogP contribution is 2.42. The fourth-order valence-electron chi connectivity index (χ4n) is 7.68. The highest BCUT2D eigenvalue weighted by molar-refractivity contribution is 7.89. The second-order valence-corrected chi connectivity index (χ2v) is 17.8. The summed E-state index contributed by atoms with van der Waals surface area (Å²) in [6.45, 7) is 10.00. The molecular weight excluding hydrogens is 699 g/mol. The fraction of sp³-hybridized carbons (Fsp3) is 0.611. The van der Waals surface area contributed by atoms with Crippen LogP contribution in [0, 0.1) is 11.7 Å². The summed E-state index contributed by atoms with van der Waals surface area (Å²) in [6.07, 6.45) is 1.91. The predicted molar refractivity (Wildman–Crippen MR) is 193 cm³/mol. The van der Waals surface area contributed by atoms with Gasteiger partial charge >= 0.3 is 6.09 Å². The summed E-state index contributed by atoms with van der Waals surface area (Å²) < 4.78 is 55.4. The van der Waals surface area contributed by atoms with Gasteiger partial charge in [0.2, 0.25) is 15.9 Å². The summed E-state index contributed by atoms with van der Waals surface area (Å²) in [5.74, 6) is -1.83. The molecule has 2 amide bonds. The lowest BCUT2D eigenvalue weighted by atomic mass is 9.73. The Labute approximate surface area is 304 Å². The van der Waals surface area contributed by atoms with E-state index in [1.54, 1.807) is 43.9 Å². The zero-order chi connectivity index (χ0) is 37.1. The maximum absolute atomic E-state index is 15.6. The van der Waals surface area contributed by atoms with E-state index in [9.17, 15) is 23.5 Å². The van der Waals surface area contributed by atoms with E-state index in [-0.39, 0.29) is 54.9 Å². The van der Waals surface area contributed by atoms with Gasteiger partial charge in [0.15, 0.2) is 0 Å². The molecule has 3 heterocycles. The molecule has 3 saturated heterocycles. The average molecular weight is 747 g/mol. The molecule has 0 saturated carbocycles. The quantitative estimate of drug-likeness (QED) is 0.160. The number of amides is 2. The van der Waals surface area contributed by atoms with Crippen molar-refractivity contribution in [2.45, 2.75) is 108 Å². The molecule has 0 aromatic heterocycles. The average Bonchev–Trinajstić information content (AvgIpc) is 3.16. The van der Waals surface area contributed by atoms with E-state index in [2.05, 4.69) is 15.3 Å². The molecule has 6 atom stereocenters. The van der Waals surface area contributed by atoms with E-state index in [1.807, 2.05) is 26.0 Å². The Balaban J connectivity index is 1.41. The Hall–Kier alpha value is -3.42. The van der Waals surface area contributed by atoms with Gasteiger partial charge in [0.05, 0.1) is 11.4 Å². The molecule has 0 radical (unpaired) electrons. The molecule has 1 N–H and O–H groups in total. The number of carbonyl (C=O) groups excluding carboxylic acids is 2. The summed E-state index contributed by atoms with van der Waals surface area (Å²) in [7, 11) is -3.62. The summed E-state index contributed by atoms with van der Waals surface area (Å²) in [4.78, 5) is 32.1. The number of hydrogen-bond acceptors (Lipinski definition) is 7. The Bertz CT molecular complexity index is 1750. The van der Waals surface area contributed by atoms with E-state index in [1.165, 1.54) is 16.4 Å². The number of rotatable bonds is 9. The molecule has 5 rings (SSSR count). The van der Waals surface area contributed by atoms with Gasteiger partial charge in [-0.3, -0.25) is 4.79 Å². The minimum atomic E-state index is -3.62. The van der Waals surface area contributed by atoms with Crippen molar-refractivity contribution in [2.75, 3.05) is 30.8 Å². The van der Waals surface area contributed by atoms with Crippen LogP contribution in [-0.2, 0) is 30.7 Å². The molecular formula is C36H48ClFN6O6S. The molecule has 2 bridgehead atoms. The number of nitrogens with zero attached hydrogens (tertiary/aromatic N) is 5. The number of anilines is 1. The first kappa shape index (κ1) is 38.8. The van der Waals surface area contributed by atoms with Crippen LogP contribution in [0.3, 0.4) is 0 Å². The fourth-order valence-corrected chi connectivity index (χ4v) is 9.60. The van der Waals surface area contributed by atoms with Gasteiger partial charge < -0.3 is 19.7 Å². The number of carbonyl (C=O) groups is 2. The second-order valence-electron chi connectivity index (χ2n) is 15.4. The topological polar surface area (TPSA) is 154 Å². The number of ether oxygens (including phenoxy) is 2. The Morgan fingerprint density at radius 2 is 1.90 bits per heavy atom. The summed E-state index contributed by atoms with van der Waals surface area (Å²) in [6, 6.07) is 9.28. The normalized spacial score (nSPS) is 25.4. The SMILES string of the molecule is CC(C)(C)OC(=O)N1C[C@H](CCc2c(F)cccc2NC(=O)[C@@H](N=[N+]=[N-])[C@@H](c2ccc(Cl)cc2)[C@H]2CCOC(C)(C)C2)N2C[C@H]1CCCS2(=O)=O. The van der Waals surface area contributed by atoms with Crippen LogP contribution in [0.5, 0.6) is 0 Å². The highest BCUT2D eigenvalue weighted by atomic mass is 35.5. The Morgan fingerprint density at radius 3 is 2.57 bits per heavy atom. The largest absolute Gasteiger partial charge is 0.444 e. The summed E-state index contributed by atoms with van der Waals surface area (Å²) >= 11 is 6.20. The monoisotopic (exact) mass is 746 g/mol. The van der Waals surface area contributed by atoms with Gasteiger partial charge in [0.25, 0.3) is 0 Å². The third kappa shape index (κ3) is 9.53. The second kappa shape index (κ2) is 15.7. The smallest absolute Gasteiger partial charge is 0.410 e. The van der Waals surface area contributed by atoms with Crippen LogP contribution in [0.2, 0.25) is 5.02 Å². The molecule has 12 nitrogen and oxygen atoms in total. The summed E-state index contributed by atoms with van der Waals surface area (Å²) in [5, 5.41) is 7.37. The van der Waals surface area contributed by atoms with Crippen LogP contribution in [-0.4, -0.2) is 84.4 Å². The van der Waals surface area contributed by atoms with Crippen LogP contribution < -0.4 is 5.32 Å². The maximum atomic E-state index is 15.6. The molecule has 278 valence electrons. The number of hydrogen-bond donors (Lipinski definition) is 1. The molecule has 2 aromatic carbocycles. The van der Waals surface area contributed by atoms with Crippen LogP contribution in [0.1, 0.15) is 83.8 Å². The van der Waals surface area contributed by atoms with Crippen molar-refractivity contribution < 1.29 is 31.9 Å². The first-order valence-electron chi connectivity index (χ1n) is 17.5. The molecule has 3 fully saturated rings. The molecule has 2 aromatic rings. The molecule has 3 aliphatic heterocycles. The number of benzene rings is 2. The first-order valence-corrected chi connectivity index (χ1v) is 19.5. The van der Waals surface area contributed by atoms with Crippen LogP contribution in [0.4, 0.5) is 14.9 Å². The van der Waals surface area contributed by atoms with Gasteiger partial charge in [0, 0.05) is 58.9 Å². The lowest BCUT2D eigenvalue weighted by Gasteiger charge is -2.44. The van der Waals surface area contributed by atoms with Gasteiger partial charge in [-0.25, -0.2) is 17.6 Å². The van der Waals surface area contributed by atoms with E-state index in [4.69, 9.17) is 21.1 Å². The van der Waals surface area contributed by atoms with E-state index in [0.29, 0.717) is 37.3 Å². The number of sulfonamides is 1. The van der Waals surface area contributed by atoms with Gasteiger partial charge in [-0.05, 0) is 114 Å². The van der Waals surface area contributed by atoms with Gasteiger partial charge in [-0.2, -0.15) is 4.31 Å². The molecule has 3 aliphatic rings. The van der Waals surface area contributed by atoms with Gasteiger partial charge in [-0.15, -0.1) is 0 Å². The van der Waals surface area contributed by atoms with Crippen molar-refractivity contribution in [1.29, 1.82) is 0 Å². The lowest BCUT2D eigenvalue weighted by molar-refractivity contribution is -0.119.